The van der Waals surface area contributed by atoms with Crippen LogP contribution in [0.3, 0.4) is 0 Å². The number of anilines is 2. The number of aromatic nitrogens is 6. The van der Waals surface area contributed by atoms with Gasteiger partial charge in [-0.2, -0.15) is 13.2 Å². The van der Waals surface area contributed by atoms with Gasteiger partial charge in [-0.1, -0.05) is 0 Å². The van der Waals surface area contributed by atoms with E-state index in [0.717, 1.165) is 26.2 Å². The molecule has 12 heteroatoms. The Balaban J connectivity index is 1.34. The zero-order chi connectivity index (χ0) is 19.6. The number of nitrogens with zero attached hydrogens (tertiary/aromatic N) is 7. The molecule has 9 nitrogen and oxygen atoms in total. The number of aromatic amines is 1. The van der Waals surface area contributed by atoms with E-state index < -0.39 is 12.0 Å². The molecule has 0 aliphatic carbocycles. The molecule has 2 N–H and O–H groups in total. The average Bonchev–Trinajstić information content (AvgIpc) is 3.17. The van der Waals surface area contributed by atoms with Gasteiger partial charge in [0.1, 0.15) is 5.52 Å². The largest absolute Gasteiger partial charge is 0.451 e. The first-order valence-electron chi connectivity index (χ1n) is 8.77. The van der Waals surface area contributed by atoms with Crippen molar-refractivity contribution in [3.05, 3.63) is 30.6 Å². The SMILES string of the molecule is FC(F)(F)c1nc(NCCN2CCN(c3ncccn3)CC2)c2[nH]cnc2n1. The maximum Gasteiger partial charge on any atom is 0.451 e. The third kappa shape index (κ3) is 3.96. The van der Waals surface area contributed by atoms with Crippen LogP contribution in [0.25, 0.3) is 11.2 Å². The molecule has 0 spiro atoms. The number of hydrogen-bond acceptors (Lipinski definition) is 8. The van der Waals surface area contributed by atoms with Crippen LogP contribution in [0.2, 0.25) is 0 Å². The molecule has 1 aliphatic rings. The van der Waals surface area contributed by atoms with Gasteiger partial charge in [-0.3, -0.25) is 4.90 Å². The van der Waals surface area contributed by atoms with Gasteiger partial charge in [0.05, 0.1) is 6.33 Å². The standard InChI is InChI=1S/C16H18F3N9/c17-16(18,19)14-25-12(11-13(26-14)24-10-23-11)20-4-5-27-6-8-28(9-7-27)15-21-2-1-3-22-15/h1-3,10H,4-9H2,(H2,20,23,24,25,26). The fraction of sp³-hybridized carbons (Fsp3) is 0.438. The predicted octanol–water partition coefficient (Wildman–Crippen LogP) is 1.40. The minimum absolute atomic E-state index is 0.0127. The lowest BCUT2D eigenvalue weighted by Gasteiger charge is -2.34. The fourth-order valence-electron chi connectivity index (χ4n) is 3.05. The Morgan fingerprint density at radius 3 is 2.50 bits per heavy atom. The van der Waals surface area contributed by atoms with Gasteiger partial charge in [0, 0.05) is 51.7 Å². The second kappa shape index (κ2) is 7.54. The minimum Gasteiger partial charge on any atom is -0.367 e. The first-order valence-corrected chi connectivity index (χ1v) is 8.77. The number of halogens is 3. The van der Waals surface area contributed by atoms with E-state index in [1.807, 2.05) is 0 Å². The smallest absolute Gasteiger partial charge is 0.367 e. The van der Waals surface area contributed by atoms with Gasteiger partial charge < -0.3 is 15.2 Å². The summed E-state index contributed by atoms with van der Waals surface area (Å²) in [6.07, 6.45) is 0.104. The molecule has 0 unspecified atom stereocenters. The van der Waals surface area contributed by atoms with Crippen molar-refractivity contribution in [2.75, 3.05) is 49.5 Å². The molecule has 0 aromatic carbocycles. The summed E-state index contributed by atoms with van der Waals surface area (Å²) < 4.78 is 38.9. The summed E-state index contributed by atoms with van der Waals surface area (Å²) in [7, 11) is 0. The molecule has 1 fully saturated rings. The lowest BCUT2D eigenvalue weighted by atomic mass is 10.3. The first kappa shape index (κ1) is 18.3. The van der Waals surface area contributed by atoms with Gasteiger partial charge in [-0.15, -0.1) is 0 Å². The molecular weight excluding hydrogens is 375 g/mol. The van der Waals surface area contributed by atoms with Crippen LogP contribution in [0.5, 0.6) is 0 Å². The molecule has 4 rings (SSSR count). The lowest BCUT2D eigenvalue weighted by Crippen LogP contribution is -2.48. The van der Waals surface area contributed by atoms with Crippen molar-refractivity contribution in [3.8, 4) is 0 Å². The highest BCUT2D eigenvalue weighted by molar-refractivity contribution is 5.82. The van der Waals surface area contributed by atoms with E-state index in [-0.39, 0.29) is 11.5 Å². The monoisotopic (exact) mass is 393 g/mol. The van der Waals surface area contributed by atoms with E-state index in [9.17, 15) is 13.2 Å². The second-order valence-corrected chi connectivity index (χ2v) is 6.30. The highest BCUT2D eigenvalue weighted by atomic mass is 19.4. The zero-order valence-corrected chi connectivity index (χ0v) is 14.8. The Labute approximate surface area is 158 Å². The molecule has 0 bridgehead atoms. The van der Waals surface area contributed by atoms with E-state index in [2.05, 4.69) is 45.0 Å². The Hall–Kier alpha value is -3.02. The molecule has 1 saturated heterocycles. The molecule has 0 saturated carbocycles. The number of alkyl halides is 3. The number of imidazole rings is 1. The summed E-state index contributed by atoms with van der Waals surface area (Å²) in [4.78, 5) is 26.5. The number of piperazine rings is 1. The van der Waals surface area contributed by atoms with Crippen molar-refractivity contribution in [1.29, 1.82) is 0 Å². The van der Waals surface area contributed by atoms with Crippen molar-refractivity contribution in [2.45, 2.75) is 6.18 Å². The van der Waals surface area contributed by atoms with Crippen molar-refractivity contribution in [1.82, 2.24) is 34.8 Å². The van der Waals surface area contributed by atoms with Crippen LogP contribution in [-0.4, -0.2) is 74.1 Å². The Morgan fingerprint density at radius 1 is 1.04 bits per heavy atom. The maximum atomic E-state index is 13.0. The second-order valence-electron chi connectivity index (χ2n) is 6.30. The molecule has 3 aromatic rings. The molecule has 0 atom stereocenters. The zero-order valence-electron chi connectivity index (χ0n) is 14.8. The van der Waals surface area contributed by atoms with E-state index >= 15 is 0 Å². The first-order chi connectivity index (χ1) is 13.5. The van der Waals surface area contributed by atoms with E-state index in [1.165, 1.54) is 6.33 Å². The van der Waals surface area contributed by atoms with Gasteiger partial charge >= 0.3 is 6.18 Å². The third-order valence-electron chi connectivity index (χ3n) is 4.47. The van der Waals surface area contributed by atoms with Crippen LogP contribution >= 0.6 is 0 Å². The summed E-state index contributed by atoms with van der Waals surface area (Å²) in [6, 6.07) is 1.78. The molecule has 0 amide bonds. The highest BCUT2D eigenvalue weighted by Crippen LogP contribution is 2.29. The quantitative estimate of drug-likeness (QED) is 0.671. The summed E-state index contributed by atoms with van der Waals surface area (Å²) in [5, 5.41) is 2.97. The molecule has 1 aliphatic heterocycles. The van der Waals surface area contributed by atoms with Crippen LogP contribution in [0.1, 0.15) is 5.82 Å². The molecule has 28 heavy (non-hydrogen) atoms. The van der Waals surface area contributed by atoms with Gasteiger partial charge in [0.15, 0.2) is 11.5 Å². The highest BCUT2D eigenvalue weighted by Gasteiger charge is 2.36. The lowest BCUT2D eigenvalue weighted by molar-refractivity contribution is -0.144. The number of fused-ring (bicyclic) bond motifs is 1. The Bertz CT molecular complexity index is 920. The van der Waals surface area contributed by atoms with Gasteiger partial charge in [0.25, 0.3) is 0 Å². The van der Waals surface area contributed by atoms with Crippen molar-refractivity contribution < 1.29 is 13.2 Å². The third-order valence-corrected chi connectivity index (χ3v) is 4.47. The molecule has 3 aromatic heterocycles. The van der Waals surface area contributed by atoms with E-state index in [4.69, 9.17) is 0 Å². The predicted molar refractivity (Wildman–Crippen MR) is 95.9 cm³/mol. The molecule has 0 radical (unpaired) electrons. The van der Waals surface area contributed by atoms with E-state index in [1.54, 1.807) is 18.5 Å². The minimum atomic E-state index is -4.63. The number of rotatable bonds is 5. The topological polar surface area (TPSA) is 98.8 Å². The Morgan fingerprint density at radius 2 is 1.79 bits per heavy atom. The van der Waals surface area contributed by atoms with Crippen molar-refractivity contribution in [3.63, 3.8) is 0 Å². The van der Waals surface area contributed by atoms with Gasteiger partial charge in [0.2, 0.25) is 11.8 Å². The number of nitrogens with one attached hydrogen (secondary N) is 2. The van der Waals surface area contributed by atoms with Crippen LogP contribution in [0, 0.1) is 0 Å². The maximum absolute atomic E-state index is 13.0. The summed E-state index contributed by atoms with van der Waals surface area (Å²) in [6.45, 7) is 4.34. The number of H-pyrrole nitrogens is 1. The van der Waals surface area contributed by atoms with E-state index in [0.29, 0.717) is 24.6 Å². The van der Waals surface area contributed by atoms with Crippen LogP contribution in [0.4, 0.5) is 24.9 Å². The summed E-state index contributed by atoms with van der Waals surface area (Å²) >= 11 is 0. The summed E-state index contributed by atoms with van der Waals surface area (Å²) in [5.74, 6) is -0.389. The van der Waals surface area contributed by atoms with Gasteiger partial charge in [-0.05, 0) is 6.07 Å². The van der Waals surface area contributed by atoms with Crippen molar-refractivity contribution in [2.24, 2.45) is 0 Å². The normalized spacial score (nSPS) is 15.9. The molecule has 148 valence electrons. The van der Waals surface area contributed by atoms with Gasteiger partial charge in [-0.25, -0.2) is 24.9 Å². The Kier molecular flexibility index (Phi) is 4.94. The van der Waals surface area contributed by atoms with Crippen LogP contribution in [0.15, 0.2) is 24.8 Å². The molecular formula is C16H18F3N9. The average molecular weight is 393 g/mol. The fourth-order valence-corrected chi connectivity index (χ4v) is 3.05. The van der Waals surface area contributed by atoms with Crippen LogP contribution < -0.4 is 10.2 Å². The van der Waals surface area contributed by atoms with Crippen molar-refractivity contribution >= 4 is 22.9 Å². The molecule has 4 heterocycles. The summed E-state index contributed by atoms with van der Waals surface area (Å²) in [5.41, 5.74) is 0.348. The van der Waals surface area contributed by atoms with Crippen LogP contribution in [-0.2, 0) is 6.18 Å². The number of hydrogen-bond donors (Lipinski definition) is 2.